The maximum Gasteiger partial charge on any atom is 0.222 e. The fourth-order valence-electron chi connectivity index (χ4n) is 1.13. The van der Waals surface area contributed by atoms with Gasteiger partial charge in [0.05, 0.1) is 0 Å². The van der Waals surface area contributed by atoms with Crippen molar-refractivity contribution in [3.63, 3.8) is 0 Å². The second kappa shape index (κ2) is 3.26. The summed E-state index contributed by atoms with van der Waals surface area (Å²) in [6.07, 6.45) is 3.21. The molecule has 13 heavy (non-hydrogen) atoms. The predicted molar refractivity (Wildman–Crippen MR) is 48.3 cm³/mol. The van der Waals surface area contributed by atoms with Crippen molar-refractivity contribution in [3.8, 4) is 0 Å². The summed E-state index contributed by atoms with van der Waals surface area (Å²) in [7, 11) is 0. The fraction of sp³-hybridized carbons (Fsp3) is 0.111. The fourth-order valence-corrected chi connectivity index (χ4v) is 1.13. The molecule has 0 amide bonds. The van der Waals surface area contributed by atoms with Gasteiger partial charge < -0.3 is 5.84 Å². The maximum absolute atomic E-state index is 5.52. The topological polar surface area (TPSA) is 56.7 Å². The van der Waals surface area contributed by atoms with Gasteiger partial charge in [0.15, 0.2) is 5.82 Å². The lowest BCUT2D eigenvalue weighted by Crippen LogP contribution is -2.11. The third-order valence-corrected chi connectivity index (χ3v) is 1.80. The molecule has 0 fully saturated rings. The minimum Gasteiger partial charge on any atom is -0.336 e. The lowest BCUT2D eigenvalue weighted by Gasteiger charge is -1.98. The van der Waals surface area contributed by atoms with Crippen molar-refractivity contribution >= 4 is 0 Å². The van der Waals surface area contributed by atoms with Crippen LogP contribution in [-0.4, -0.2) is 14.9 Å². The Balaban J connectivity index is 2.20. The Bertz CT molecular complexity index is 380. The van der Waals surface area contributed by atoms with E-state index in [1.54, 1.807) is 0 Å². The van der Waals surface area contributed by atoms with Crippen LogP contribution in [0.3, 0.4) is 0 Å². The Morgan fingerprint density at radius 3 is 2.69 bits per heavy atom. The molecule has 0 aliphatic rings. The van der Waals surface area contributed by atoms with E-state index in [0.29, 0.717) is 12.2 Å². The van der Waals surface area contributed by atoms with E-state index >= 15 is 0 Å². The normalized spacial score (nSPS) is 10.2. The molecular weight excluding hydrogens is 164 g/mol. The molecule has 1 heterocycles. The van der Waals surface area contributed by atoms with Crippen molar-refractivity contribution in [2.75, 3.05) is 5.84 Å². The molecule has 0 saturated heterocycles. The van der Waals surface area contributed by atoms with E-state index in [4.69, 9.17) is 5.84 Å². The van der Waals surface area contributed by atoms with Gasteiger partial charge in [-0.1, -0.05) is 30.3 Å². The van der Waals surface area contributed by atoms with Gasteiger partial charge >= 0.3 is 0 Å². The van der Waals surface area contributed by atoms with Gasteiger partial charge in [-0.15, -0.1) is 10.2 Å². The second-order valence-corrected chi connectivity index (χ2v) is 2.75. The Morgan fingerprint density at radius 2 is 2.08 bits per heavy atom. The highest BCUT2D eigenvalue weighted by molar-refractivity contribution is 5.18. The van der Waals surface area contributed by atoms with Gasteiger partial charge in [0.2, 0.25) is 6.33 Å². The SMILES string of the molecule is Nn1[c]nnc1Cc1ccccc1. The van der Waals surface area contributed by atoms with Crippen LogP contribution >= 0.6 is 0 Å². The highest BCUT2D eigenvalue weighted by Gasteiger charge is 2.01. The number of aromatic nitrogens is 3. The highest BCUT2D eigenvalue weighted by atomic mass is 15.4. The van der Waals surface area contributed by atoms with Gasteiger partial charge in [-0.05, 0) is 5.56 Å². The van der Waals surface area contributed by atoms with Crippen molar-refractivity contribution in [1.29, 1.82) is 0 Å². The van der Waals surface area contributed by atoms with Crippen LogP contribution in [0.25, 0.3) is 0 Å². The predicted octanol–water partition coefficient (Wildman–Crippen LogP) is 0.383. The van der Waals surface area contributed by atoms with Gasteiger partial charge in [0.25, 0.3) is 0 Å². The first-order chi connectivity index (χ1) is 6.36. The molecule has 4 heteroatoms. The van der Waals surface area contributed by atoms with E-state index in [1.807, 2.05) is 30.3 Å². The van der Waals surface area contributed by atoms with E-state index in [0.717, 1.165) is 5.56 Å². The molecule has 2 aromatic rings. The Hall–Kier alpha value is -1.84. The van der Waals surface area contributed by atoms with E-state index < -0.39 is 0 Å². The average Bonchev–Trinajstić information content (AvgIpc) is 2.54. The molecule has 1 aromatic heterocycles. The van der Waals surface area contributed by atoms with Gasteiger partial charge in [-0.25, -0.2) is 4.68 Å². The number of nitrogens with zero attached hydrogens (tertiary/aromatic N) is 3. The highest BCUT2D eigenvalue weighted by Crippen LogP contribution is 2.04. The zero-order valence-corrected chi connectivity index (χ0v) is 7.01. The molecule has 0 bridgehead atoms. The molecule has 1 radical (unpaired) electrons. The number of hydrogen-bond acceptors (Lipinski definition) is 3. The van der Waals surface area contributed by atoms with Crippen LogP contribution in [0.1, 0.15) is 11.4 Å². The molecule has 0 aliphatic carbocycles. The first-order valence-corrected chi connectivity index (χ1v) is 3.97. The Morgan fingerprint density at radius 1 is 1.31 bits per heavy atom. The number of hydrogen-bond donors (Lipinski definition) is 1. The average molecular weight is 173 g/mol. The molecule has 0 atom stereocenters. The Kier molecular flexibility index (Phi) is 1.96. The molecule has 0 spiro atoms. The third-order valence-electron chi connectivity index (χ3n) is 1.80. The lowest BCUT2D eigenvalue weighted by atomic mass is 10.1. The summed E-state index contributed by atoms with van der Waals surface area (Å²) in [6, 6.07) is 9.98. The van der Waals surface area contributed by atoms with Crippen LogP contribution in [0.15, 0.2) is 30.3 Å². The van der Waals surface area contributed by atoms with Crippen LogP contribution in [0, 0.1) is 6.33 Å². The summed E-state index contributed by atoms with van der Waals surface area (Å²) in [5.41, 5.74) is 1.16. The lowest BCUT2D eigenvalue weighted by molar-refractivity contribution is 0.871. The maximum atomic E-state index is 5.52. The minimum absolute atomic E-state index is 0.688. The monoisotopic (exact) mass is 173 g/mol. The first-order valence-electron chi connectivity index (χ1n) is 3.97. The summed E-state index contributed by atoms with van der Waals surface area (Å²) in [4.78, 5) is 0. The minimum atomic E-state index is 0.688. The van der Waals surface area contributed by atoms with Crippen LogP contribution in [0.2, 0.25) is 0 Å². The summed E-state index contributed by atoms with van der Waals surface area (Å²) in [6.45, 7) is 0. The summed E-state index contributed by atoms with van der Waals surface area (Å²) in [5.74, 6) is 6.24. The van der Waals surface area contributed by atoms with Crippen LogP contribution in [0.4, 0.5) is 0 Å². The van der Waals surface area contributed by atoms with Crippen LogP contribution < -0.4 is 5.84 Å². The number of nitrogens with two attached hydrogens (primary N) is 1. The number of nitrogen functional groups attached to an aromatic ring is 1. The molecule has 2 N–H and O–H groups in total. The van der Waals surface area contributed by atoms with Crippen LogP contribution in [0.5, 0.6) is 0 Å². The van der Waals surface area contributed by atoms with E-state index in [-0.39, 0.29) is 0 Å². The van der Waals surface area contributed by atoms with Gasteiger partial charge in [-0.2, -0.15) is 0 Å². The molecule has 1 aromatic carbocycles. The van der Waals surface area contributed by atoms with E-state index in [9.17, 15) is 0 Å². The molecule has 0 aliphatic heterocycles. The molecule has 2 rings (SSSR count). The zero-order valence-electron chi connectivity index (χ0n) is 7.01. The van der Waals surface area contributed by atoms with E-state index in [1.165, 1.54) is 4.68 Å². The van der Waals surface area contributed by atoms with Crippen molar-refractivity contribution in [1.82, 2.24) is 14.9 Å². The Labute approximate surface area is 76.0 Å². The van der Waals surface area contributed by atoms with Crippen LogP contribution in [-0.2, 0) is 6.42 Å². The van der Waals surface area contributed by atoms with Crippen molar-refractivity contribution in [2.45, 2.75) is 6.42 Å². The molecule has 4 nitrogen and oxygen atoms in total. The molecule has 65 valence electrons. The molecule has 0 saturated carbocycles. The van der Waals surface area contributed by atoms with E-state index in [2.05, 4.69) is 16.5 Å². The molecule has 0 unspecified atom stereocenters. The summed E-state index contributed by atoms with van der Waals surface area (Å²) < 4.78 is 1.31. The van der Waals surface area contributed by atoms with Crippen molar-refractivity contribution in [2.24, 2.45) is 0 Å². The summed E-state index contributed by atoms with van der Waals surface area (Å²) >= 11 is 0. The quantitative estimate of drug-likeness (QED) is 0.668. The standard InChI is InChI=1S/C9H9N4/c10-13-7-11-12-9(13)6-8-4-2-1-3-5-8/h1-5H,6,10H2. The number of rotatable bonds is 2. The second-order valence-electron chi connectivity index (χ2n) is 2.75. The van der Waals surface area contributed by atoms with Gasteiger partial charge in [0.1, 0.15) is 0 Å². The summed E-state index contributed by atoms with van der Waals surface area (Å²) in [5, 5.41) is 7.42. The number of benzene rings is 1. The smallest absolute Gasteiger partial charge is 0.222 e. The zero-order chi connectivity index (χ0) is 9.10. The van der Waals surface area contributed by atoms with Crippen molar-refractivity contribution < 1.29 is 0 Å². The van der Waals surface area contributed by atoms with Gasteiger partial charge in [-0.3, -0.25) is 0 Å². The third kappa shape index (κ3) is 1.66. The first kappa shape index (κ1) is 7.79. The van der Waals surface area contributed by atoms with Crippen molar-refractivity contribution in [3.05, 3.63) is 48.0 Å². The van der Waals surface area contributed by atoms with Gasteiger partial charge in [0, 0.05) is 6.42 Å². The molecular formula is C9H9N4. The largest absolute Gasteiger partial charge is 0.336 e.